The van der Waals surface area contributed by atoms with Crippen LogP contribution >= 0.6 is 11.3 Å². The fourth-order valence-electron chi connectivity index (χ4n) is 1.85. The van der Waals surface area contributed by atoms with Crippen molar-refractivity contribution in [1.29, 1.82) is 0 Å². The molecule has 0 bridgehead atoms. The molecule has 0 aliphatic heterocycles. The van der Waals surface area contributed by atoms with E-state index in [0.717, 1.165) is 10.4 Å². The van der Waals surface area contributed by atoms with E-state index in [0.29, 0.717) is 19.4 Å². The summed E-state index contributed by atoms with van der Waals surface area (Å²) in [5, 5.41) is 4.75. The lowest BCUT2D eigenvalue weighted by atomic mass is 10.2. The number of alkyl halides is 3. The molecule has 23 heavy (non-hydrogen) atoms. The highest BCUT2D eigenvalue weighted by Crippen LogP contribution is 2.18. The van der Waals surface area contributed by atoms with Gasteiger partial charge in [-0.1, -0.05) is 18.2 Å². The summed E-state index contributed by atoms with van der Waals surface area (Å²) in [6, 6.07) is 10.1. The van der Waals surface area contributed by atoms with Crippen molar-refractivity contribution in [1.82, 2.24) is 5.32 Å². The van der Waals surface area contributed by atoms with Crippen LogP contribution in [0.1, 0.15) is 16.9 Å². The Bertz CT molecular complexity index is 609. The van der Waals surface area contributed by atoms with Crippen LogP contribution < -0.4 is 10.1 Å². The molecule has 0 radical (unpaired) electrons. The third kappa shape index (κ3) is 6.73. The van der Waals surface area contributed by atoms with E-state index in [-0.39, 0.29) is 11.7 Å². The first-order valence-electron chi connectivity index (χ1n) is 7.00. The van der Waals surface area contributed by atoms with Gasteiger partial charge in [-0.25, -0.2) is 0 Å². The van der Waals surface area contributed by atoms with Gasteiger partial charge in [-0.05, 0) is 35.6 Å². The van der Waals surface area contributed by atoms with Crippen molar-refractivity contribution in [2.24, 2.45) is 0 Å². The molecule has 0 unspecified atom stereocenters. The minimum atomic E-state index is -4.35. The Morgan fingerprint density at radius 2 is 1.91 bits per heavy atom. The molecular weight excluding hydrogens is 327 g/mol. The zero-order chi connectivity index (χ0) is 16.7. The molecule has 2 aromatic rings. The molecule has 3 nitrogen and oxygen atoms in total. The van der Waals surface area contributed by atoms with E-state index < -0.39 is 12.8 Å². The van der Waals surface area contributed by atoms with E-state index >= 15 is 0 Å². The Morgan fingerprint density at radius 1 is 1.17 bits per heavy atom. The van der Waals surface area contributed by atoms with Crippen LogP contribution in [0.5, 0.6) is 5.75 Å². The summed E-state index contributed by atoms with van der Waals surface area (Å²) in [7, 11) is 0. The van der Waals surface area contributed by atoms with E-state index in [1.54, 1.807) is 23.5 Å². The van der Waals surface area contributed by atoms with Gasteiger partial charge in [-0.3, -0.25) is 4.79 Å². The zero-order valence-electron chi connectivity index (χ0n) is 12.2. The van der Waals surface area contributed by atoms with Crippen LogP contribution in [0.25, 0.3) is 0 Å². The fourth-order valence-corrected chi connectivity index (χ4v) is 2.56. The van der Waals surface area contributed by atoms with Crippen molar-refractivity contribution in [2.45, 2.75) is 25.6 Å². The molecule has 0 aliphatic carbocycles. The van der Waals surface area contributed by atoms with Gasteiger partial charge in [-0.2, -0.15) is 13.2 Å². The van der Waals surface area contributed by atoms with Gasteiger partial charge >= 0.3 is 6.18 Å². The number of thiophene rings is 1. The van der Waals surface area contributed by atoms with E-state index in [1.165, 1.54) is 12.1 Å². The normalized spacial score (nSPS) is 11.3. The van der Waals surface area contributed by atoms with E-state index in [4.69, 9.17) is 0 Å². The summed E-state index contributed by atoms with van der Waals surface area (Å²) in [6.45, 7) is -0.978. The van der Waals surface area contributed by atoms with Crippen molar-refractivity contribution in [3.63, 3.8) is 0 Å². The maximum atomic E-state index is 12.0. The lowest BCUT2D eigenvalue weighted by Crippen LogP contribution is -2.23. The standard InChI is InChI=1S/C16H16F3NO2S/c17-16(18,19)11-22-13-5-3-12(4-6-13)10-20-15(21)8-7-14-2-1-9-23-14/h1-6,9H,7-8,10-11H2,(H,20,21). The smallest absolute Gasteiger partial charge is 0.422 e. The summed E-state index contributed by atoms with van der Waals surface area (Å²) >= 11 is 1.61. The van der Waals surface area contributed by atoms with E-state index in [1.807, 2.05) is 17.5 Å². The topological polar surface area (TPSA) is 38.3 Å². The summed E-state index contributed by atoms with van der Waals surface area (Å²) in [5.41, 5.74) is 0.800. The van der Waals surface area contributed by atoms with Gasteiger partial charge < -0.3 is 10.1 Å². The molecule has 0 fully saturated rings. The van der Waals surface area contributed by atoms with Crippen LogP contribution in [0.3, 0.4) is 0 Å². The van der Waals surface area contributed by atoms with Crippen LogP contribution in [0, 0.1) is 0 Å². The first-order valence-corrected chi connectivity index (χ1v) is 7.88. The molecule has 0 atom stereocenters. The Morgan fingerprint density at radius 3 is 2.52 bits per heavy atom. The molecule has 0 saturated carbocycles. The Hall–Kier alpha value is -2.02. The first-order chi connectivity index (χ1) is 10.9. The molecule has 124 valence electrons. The van der Waals surface area contributed by atoms with Gasteiger partial charge in [0.25, 0.3) is 0 Å². The zero-order valence-corrected chi connectivity index (χ0v) is 13.0. The molecular formula is C16H16F3NO2S. The Labute approximate surface area is 136 Å². The monoisotopic (exact) mass is 343 g/mol. The van der Waals surface area contributed by atoms with Gasteiger partial charge in [0.2, 0.25) is 5.91 Å². The van der Waals surface area contributed by atoms with Crippen molar-refractivity contribution < 1.29 is 22.7 Å². The molecule has 0 spiro atoms. The molecule has 1 N–H and O–H groups in total. The molecule has 7 heteroatoms. The second-order valence-corrected chi connectivity index (χ2v) is 5.94. The highest BCUT2D eigenvalue weighted by atomic mass is 32.1. The van der Waals surface area contributed by atoms with Crippen LogP contribution in [-0.2, 0) is 17.8 Å². The summed E-state index contributed by atoms with van der Waals surface area (Å²) < 4.78 is 40.7. The van der Waals surface area contributed by atoms with E-state index in [9.17, 15) is 18.0 Å². The third-order valence-corrected chi connectivity index (χ3v) is 3.93. The minimum absolute atomic E-state index is 0.0594. The molecule has 1 aromatic heterocycles. The number of benzene rings is 1. The Kier molecular flexibility index (Phi) is 6.04. The largest absolute Gasteiger partial charge is 0.484 e. The lowest BCUT2D eigenvalue weighted by Gasteiger charge is -2.10. The number of hydrogen-bond donors (Lipinski definition) is 1. The number of carbonyl (C=O) groups is 1. The number of nitrogens with one attached hydrogen (secondary N) is 1. The van der Waals surface area contributed by atoms with Crippen LogP contribution in [0.2, 0.25) is 0 Å². The quantitative estimate of drug-likeness (QED) is 0.827. The highest BCUT2D eigenvalue weighted by molar-refractivity contribution is 7.09. The molecule has 1 amide bonds. The highest BCUT2D eigenvalue weighted by Gasteiger charge is 2.28. The molecule has 1 heterocycles. The van der Waals surface area contributed by atoms with Crippen LogP contribution in [-0.4, -0.2) is 18.7 Å². The predicted molar refractivity (Wildman–Crippen MR) is 82.5 cm³/mol. The number of amides is 1. The molecule has 1 aromatic carbocycles. The van der Waals surface area contributed by atoms with Crippen LogP contribution in [0.15, 0.2) is 41.8 Å². The second kappa shape index (κ2) is 8.01. The van der Waals surface area contributed by atoms with Gasteiger partial charge in [0.15, 0.2) is 6.61 Å². The van der Waals surface area contributed by atoms with Crippen molar-refractivity contribution >= 4 is 17.2 Å². The summed E-state index contributed by atoms with van der Waals surface area (Å²) in [5.74, 6) is 0.0888. The molecule has 0 saturated heterocycles. The van der Waals surface area contributed by atoms with E-state index in [2.05, 4.69) is 10.1 Å². The second-order valence-electron chi connectivity index (χ2n) is 4.90. The number of aryl methyl sites for hydroxylation is 1. The average molecular weight is 343 g/mol. The maximum Gasteiger partial charge on any atom is 0.422 e. The van der Waals surface area contributed by atoms with Gasteiger partial charge in [0.1, 0.15) is 5.75 Å². The minimum Gasteiger partial charge on any atom is -0.484 e. The number of rotatable bonds is 7. The average Bonchev–Trinajstić information content (AvgIpc) is 3.02. The maximum absolute atomic E-state index is 12.0. The summed E-state index contributed by atoms with van der Waals surface area (Å²) in [4.78, 5) is 12.9. The van der Waals surface area contributed by atoms with Crippen molar-refractivity contribution in [3.05, 3.63) is 52.2 Å². The summed E-state index contributed by atoms with van der Waals surface area (Å²) in [6.07, 6.45) is -3.24. The Balaban J connectivity index is 1.72. The number of carbonyl (C=O) groups excluding carboxylic acids is 1. The molecule has 0 aliphatic rings. The van der Waals surface area contributed by atoms with Gasteiger partial charge in [-0.15, -0.1) is 11.3 Å². The number of halogens is 3. The van der Waals surface area contributed by atoms with Gasteiger partial charge in [0.05, 0.1) is 0 Å². The van der Waals surface area contributed by atoms with Gasteiger partial charge in [0, 0.05) is 17.8 Å². The number of hydrogen-bond acceptors (Lipinski definition) is 3. The SMILES string of the molecule is O=C(CCc1cccs1)NCc1ccc(OCC(F)(F)F)cc1. The predicted octanol–water partition coefficient (Wildman–Crippen LogP) is 3.94. The first kappa shape index (κ1) is 17.3. The number of ether oxygens (including phenoxy) is 1. The molecule has 2 rings (SSSR count). The fraction of sp³-hybridized carbons (Fsp3) is 0.312. The van der Waals surface area contributed by atoms with Crippen LogP contribution in [0.4, 0.5) is 13.2 Å². The third-order valence-electron chi connectivity index (χ3n) is 2.99. The van der Waals surface area contributed by atoms with Crippen molar-refractivity contribution in [2.75, 3.05) is 6.61 Å². The lowest BCUT2D eigenvalue weighted by molar-refractivity contribution is -0.153. The van der Waals surface area contributed by atoms with Crippen molar-refractivity contribution in [3.8, 4) is 5.75 Å².